The Hall–Kier alpha value is -1.54. The summed E-state index contributed by atoms with van der Waals surface area (Å²) < 4.78 is 10.1. The van der Waals surface area contributed by atoms with Crippen LogP contribution in [0.5, 0.6) is 0 Å². The lowest BCUT2D eigenvalue weighted by atomic mass is 10.4. The first-order valence-corrected chi connectivity index (χ1v) is 5.24. The quantitative estimate of drug-likeness (QED) is 0.257. The Morgan fingerprint density at radius 1 is 0.850 bits per heavy atom. The van der Waals surface area contributed by atoms with E-state index in [1.165, 1.54) is 0 Å². The van der Waals surface area contributed by atoms with E-state index in [2.05, 4.69) is 20.1 Å². The normalized spacial score (nSPS) is 11.9. The van der Waals surface area contributed by atoms with Crippen molar-refractivity contribution in [1.82, 2.24) is 0 Å². The Balaban J connectivity index is -0.00000144. The molecule has 0 bridgehead atoms. The number of ether oxygens (including phenoxy) is 2. The van der Waals surface area contributed by atoms with Gasteiger partial charge in [-0.25, -0.2) is 0 Å². The first-order chi connectivity index (χ1) is 8.70. The van der Waals surface area contributed by atoms with Gasteiger partial charge in [-0.15, -0.1) is 0 Å². The number of nitrogens with zero attached hydrogens (tertiary/aromatic N) is 6. The van der Waals surface area contributed by atoms with Gasteiger partial charge in [0.2, 0.25) is 0 Å². The Labute approximate surface area is 118 Å². The largest absolute Gasteiger partial charge is 0.391 e. The number of rotatable bonds is 11. The van der Waals surface area contributed by atoms with E-state index in [1.54, 1.807) is 0 Å². The number of hydrogen-bond donors (Lipinski definition) is 2. The molecule has 10 nitrogen and oxygen atoms in total. The molecule has 2 unspecified atom stereocenters. The molecule has 0 aromatic rings. The smallest absolute Gasteiger partial charge is 0.0829 e. The van der Waals surface area contributed by atoms with Crippen LogP contribution in [0.4, 0.5) is 0 Å². The van der Waals surface area contributed by atoms with Crippen LogP contribution in [0.25, 0.3) is 20.9 Å². The van der Waals surface area contributed by atoms with E-state index in [0.29, 0.717) is 0 Å². The van der Waals surface area contributed by atoms with Crippen molar-refractivity contribution in [3.05, 3.63) is 20.9 Å². The Kier molecular flexibility index (Phi) is 20.6. The van der Waals surface area contributed by atoms with E-state index in [-0.39, 0.29) is 54.4 Å². The highest BCUT2D eigenvalue weighted by Gasteiger charge is 2.03. The van der Waals surface area contributed by atoms with E-state index in [0.717, 1.165) is 0 Å². The van der Waals surface area contributed by atoms with Crippen molar-refractivity contribution < 1.29 is 19.7 Å². The van der Waals surface area contributed by atoms with Crippen LogP contribution in [0.2, 0.25) is 0 Å². The minimum absolute atomic E-state index is 0. The van der Waals surface area contributed by atoms with Crippen LogP contribution in [-0.4, -0.2) is 61.9 Å². The lowest BCUT2D eigenvalue weighted by molar-refractivity contribution is -0.0133. The summed E-state index contributed by atoms with van der Waals surface area (Å²) in [5.74, 6) is 0. The van der Waals surface area contributed by atoms with E-state index in [9.17, 15) is 10.2 Å². The predicted octanol–water partition coefficient (Wildman–Crippen LogP) is 1.63. The Morgan fingerprint density at radius 2 is 1.20 bits per heavy atom. The summed E-state index contributed by atoms with van der Waals surface area (Å²) in [4.78, 5) is 5.00. The minimum Gasteiger partial charge on any atom is -0.391 e. The van der Waals surface area contributed by atoms with Crippen molar-refractivity contribution in [2.24, 2.45) is 10.2 Å². The molecule has 20 heavy (non-hydrogen) atoms. The zero-order valence-corrected chi connectivity index (χ0v) is 9.79. The molecule has 0 amide bonds. The second-order valence-electron chi connectivity index (χ2n) is 3.28. The van der Waals surface area contributed by atoms with E-state index in [4.69, 9.17) is 20.5 Å². The third-order valence-electron chi connectivity index (χ3n) is 1.70. The molecule has 0 saturated heterocycles. The van der Waals surface area contributed by atoms with Crippen molar-refractivity contribution >= 4 is 0 Å². The number of aliphatic hydroxyl groups excluding tert-OH is 2. The van der Waals surface area contributed by atoms with E-state index in [1.807, 2.05) is 0 Å². The van der Waals surface area contributed by atoms with E-state index < -0.39 is 12.2 Å². The van der Waals surface area contributed by atoms with Crippen LogP contribution in [0.15, 0.2) is 10.2 Å². The van der Waals surface area contributed by atoms with Crippen LogP contribution in [0.1, 0.15) is 14.9 Å². The standard InChI is InChI=1S/C8H16N6O4.2CH4/c9-13-11-3-7(15)5-17-1-2-18-6-8(16)4-12-14-10;;/h7-8,15-16H,1-6H2;2*1H4. The van der Waals surface area contributed by atoms with Crippen molar-refractivity contribution in [1.29, 1.82) is 0 Å². The van der Waals surface area contributed by atoms with Crippen molar-refractivity contribution in [3.8, 4) is 0 Å². The fourth-order valence-electron chi connectivity index (χ4n) is 0.924. The van der Waals surface area contributed by atoms with Gasteiger partial charge in [0, 0.05) is 9.82 Å². The molecule has 0 fully saturated rings. The third kappa shape index (κ3) is 16.5. The van der Waals surface area contributed by atoms with Crippen LogP contribution < -0.4 is 0 Å². The fraction of sp³-hybridized carbons (Fsp3) is 1.00. The molecule has 2 atom stereocenters. The number of hydrogen-bond acceptors (Lipinski definition) is 6. The maximum Gasteiger partial charge on any atom is 0.0829 e. The topological polar surface area (TPSA) is 156 Å². The van der Waals surface area contributed by atoms with Gasteiger partial charge in [0.15, 0.2) is 0 Å². The minimum atomic E-state index is -0.837. The summed E-state index contributed by atoms with van der Waals surface area (Å²) >= 11 is 0. The SMILES string of the molecule is C.C.[N-]=[N+]=NCC(O)COCCOCC(O)CN=[N+]=[N-]. The van der Waals surface area contributed by atoms with Crippen LogP contribution >= 0.6 is 0 Å². The Morgan fingerprint density at radius 3 is 1.50 bits per heavy atom. The second kappa shape index (κ2) is 17.5. The highest BCUT2D eigenvalue weighted by atomic mass is 16.5. The molecule has 2 N–H and O–H groups in total. The van der Waals surface area contributed by atoms with Gasteiger partial charge in [0.25, 0.3) is 0 Å². The zero-order chi connectivity index (χ0) is 13.6. The van der Waals surface area contributed by atoms with Gasteiger partial charge in [-0.3, -0.25) is 0 Å². The maximum absolute atomic E-state index is 9.20. The van der Waals surface area contributed by atoms with Crippen LogP contribution in [-0.2, 0) is 9.47 Å². The molecule has 0 aliphatic rings. The molecule has 0 aliphatic heterocycles. The first-order valence-electron chi connectivity index (χ1n) is 5.24. The van der Waals surface area contributed by atoms with Crippen LogP contribution in [0, 0.1) is 0 Å². The molecule has 0 aliphatic carbocycles. The average molecular weight is 292 g/mol. The molecular weight excluding hydrogens is 268 g/mol. The Bertz CT molecular complexity index is 274. The molecule has 0 radical (unpaired) electrons. The fourth-order valence-corrected chi connectivity index (χ4v) is 0.924. The first kappa shape index (κ1) is 23.5. The summed E-state index contributed by atoms with van der Waals surface area (Å²) in [6, 6.07) is 0. The van der Waals surface area contributed by atoms with Gasteiger partial charge in [0.1, 0.15) is 0 Å². The summed E-state index contributed by atoms with van der Waals surface area (Å²) in [5, 5.41) is 24.8. The molecule has 0 aromatic carbocycles. The highest BCUT2D eigenvalue weighted by Crippen LogP contribution is 1.90. The average Bonchev–Trinajstić information content (AvgIpc) is 2.37. The molecule has 0 heterocycles. The van der Waals surface area contributed by atoms with E-state index >= 15 is 0 Å². The summed E-state index contributed by atoms with van der Waals surface area (Å²) in [6.45, 7) is 0.487. The van der Waals surface area contributed by atoms with Gasteiger partial charge >= 0.3 is 0 Å². The van der Waals surface area contributed by atoms with Crippen molar-refractivity contribution in [2.45, 2.75) is 27.1 Å². The number of aliphatic hydroxyl groups is 2. The second-order valence-corrected chi connectivity index (χ2v) is 3.28. The molecule has 0 aromatic heterocycles. The van der Waals surface area contributed by atoms with Crippen LogP contribution in [0.3, 0.4) is 0 Å². The summed E-state index contributed by atoms with van der Waals surface area (Å²) in [6.07, 6.45) is -1.67. The zero-order valence-electron chi connectivity index (χ0n) is 9.79. The monoisotopic (exact) mass is 292 g/mol. The lowest BCUT2D eigenvalue weighted by Crippen LogP contribution is -2.22. The summed E-state index contributed by atoms with van der Waals surface area (Å²) in [5.41, 5.74) is 16.0. The highest BCUT2D eigenvalue weighted by molar-refractivity contribution is 4.59. The molecule has 118 valence electrons. The molecule has 0 rings (SSSR count). The maximum atomic E-state index is 9.20. The van der Waals surface area contributed by atoms with Gasteiger partial charge in [-0.05, 0) is 11.1 Å². The predicted molar refractivity (Wildman–Crippen MR) is 75.1 cm³/mol. The van der Waals surface area contributed by atoms with Gasteiger partial charge < -0.3 is 19.7 Å². The summed E-state index contributed by atoms with van der Waals surface area (Å²) in [7, 11) is 0. The van der Waals surface area contributed by atoms with Crippen molar-refractivity contribution in [3.63, 3.8) is 0 Å². The van der Waals surface area contributed by atoms with Gasteiger partial charge in [-0.1, -0.05) is 25.1 Å². The molecule has 0 saturated carbocycles. The van der Waals surface area contributed by atoms with Gasteiger partial charge in [-0.2, -0.15) is 0 Å². The van der Waals surface area contributed by atoms with Gasteiger partial charge in [0.05, 0.1) is 51.7 Å². The lowest BCUT2D eigenvalue weighted by Gasteiger charge is -2.10. The molecular formula is C10H24N6O4. The van der Waals surface area contributed by atoms with Crippen molar-refractivity contribution in [2.75, 3.05) is 39.5 Å². The molecule has 0 spiro atoms. The molecule has 10 heteroatoms. The third-order valence-corrected chi connectivity index (χ3v) is 1.70. The number of azide groups is 2.